The fraction of sp³-hybridized carbons (Fsp3) is 0.471. The van der Waals surface area contributed by atoms with E-state index in [1.165, 1.54) is 7.11 Å². The number of allylic oxidation sites excluding steroid dienone is 2. The second-order valence-electron chi connectivity index (χ2n) is 24.0. The molecule has 0 radical (unpaired) electrons. The van der Waals surface area contributed by atoms with Crippen molar-refractivity contribution in [2.45, 2.75) is 139 Å². The number of β-amino-alcohol motifs (C(OH)–C–C–N with tert-alkyl or cyclic N) is 1. The highest BCUT2D eigenvalue weighted by Crippen LogP contribution is 2.53. The summed E-state index contributed by atoms with van der Waals surface area (Å²) in [5.74, 6) is 12.4. The van der Waals surface area contributed by atoms with Crippen LogP contribution < -0.4 is 20.7 Å². The Labute approximate surface area is 470 Å². The molecule has 4 aromatic carbocycles. The quantitative estimate of drug-likeness (QED) is 0.0603. The number of benzene rings is 4. The number of aliphatic hydroxyl groups is 3. The normalized spacial score (nSPS) is 30.5. The zero-order valence-electron chi connectivity index (χ0n) is 46.3. The van der Waals surface area contributed by atoms with Crippen LogP contribution in [0.15, 0.2) is 109 Å². The number of H-pyrrole nitrogens is 1. The number of aromatic nitrogens is 1. The van der Waals surface area contributed by atoms with Crippen molar-refractivity contribution in [2.75, 3.05) is 32.1 Å². The first kappa shape index (κ1) is 55.1. The van der Waals surface area contributed by atoms with Gasteiger partial charge < -0.3 is 51.2 Å². The maximum atomic E-state index is 15.4. The Hall–Kier alpha value is -6.80. The third kappa shape index (κ3) is 11.4. The Morgan fingerprint density at radius 1 is 0.800 bits per heavy atom. The van der Waals surface area contributed by atoms with Gasteiger partial charge in [-0.25, -0.2) is 0 Å². The number of hydrogen-bond donors (Lipinski definition) is 9. The van der Waals surface area contributed by atoms with E-state index in [0.29, 0.717) is 56.3 Å². The Morgan fingerprint density at radius 2 is 1.64 bits per heavy atom. The van der Waals surface area contributed by atoms with E-state index in [1.54, 1.807) is 12.1 Å². The van der Waals surface area contributed by atoms with Crippen LogP contribution >= 0.6 is 0 Å². The van der Waals surface area contributed by atoms with Crippen molar-refractivity contribution in [1.82, 2.24) is 15.6 Å². The Balaban J connectivity index is 1.06. The third-order valence-electron chi connectivity index (χ3n) is 18.9. The van der Waals surface area contributed by atoms with Crippen LogP contribution in [0.1, 0.15) is 136 Å². The molecule has 5 aromatic rings. The van der Waals surface area contributed by atoms with Crippen LogP contribution in [0.2, 0.25) is 0 Å². The SMILES string of the molecule is COc1cc2c(cc1O)[C@H](c1ccccc1)C#C[C@@H]1C[C@@H]3CC4=CCNC(=C4)Nc4ccc5ccc(c(O)c5c4)C[C@@H](O)CNC[C@H](C)c4c[nH]c(c4)[C@]45CCCC[C@H]4C#CCCCC[C@@H]([C@@H](C3)C[C@@H]1C(=O)[C@H](O)C(=O)CC2)[C@@H]5O. The van der Waals surface area contributed by atoms with E-state index >= 15 is 4.79 Å². The standard InChI is InChI=1S/C68H78N4O8/c1-41-38-69-40-53(73)32-48-18-17-45-19-22-52(36-58(45)64(48)76)72-63-31-42(25-27-70-63)28-43-29-46-20-23-54(44-12-6-5-7-13-44)56-37-60(75)61(80-2)34-47(56)21-24-59(74)66(78)65(77)57(46)33-49(30-43)55-16-9-4-3-8-14-51-15-10-11-26-68(51,67(55)79)62-35-50(41)39-71-62/h5-7,12-13,17-19,22,25,31,34-37,39,41,43,46,49,51,53-55,57,66-67,69-73,75-76,78-79H,3-4,9-11,15-16,21,24,26-30,32-33,38,40H2,1-2H3/t41-,43-,46+,49-,51+,53+,54-,55-,57-,66+,67-,68-/m0/s1. The lowest BCUT2D eigenvalue weighted by Crippen LogP contribution is -2.53. The number of dihydropyridines is 1. The Kier molecular flexibility index (Phi) is 16.6. The van der Waals surface area contributed by atoms with Crippen LogP contribution in [-0.4, -0.2) is 87.1 Å². The van der Waals surface area contributed by atoms with Crippen LogP contribution in [0.3, 0.4) is 0 Å². The Bertz CT molecular complexity index is 3290. The van der Waals surface area contributed by atoms with Crippen LogP contribution in [0, 0.1) is 59.2 Å². The van der Waals surface area contributed by atoms with E-state index in [9.17, 15) is 30.3 Å². The maximum Gasteiger partial charge on any atom is 0.173 e. The van der Waals surface area contributed by atoms with Crippen molar-refractivity contribution in [3.05, 3.63) is 142 Å². The first-order chi connectivity index (χ1) is 38.9. The fourth-order valence-corrected chi connectivity index (χ4v) is 14.7. The van der Waals surface area contributed by atoms with Crippen molar-refractivity contribution in [3.63, 3.8) is 0 Å². The molecule has 1 spiro atoms. The van der Waals surface area contributed by atoms with Crippen LogP contribution in [-0.2, 0) is 27.8 Å². The van der Waals surface area contributed by atoms with Gasteiger partial charge in [-0.1, -0.05) is 98.6 Å². The number of hydrogen-bond acceptors (Lipinski definition) is 11. The number of fused-ring (bicyclic) bond motifs is 11. The average Bonchev–Trinajstić information content (AvgIpc) is 4.03. The Morgan fingerprint density at radius 3 is 2.49 bits per heavy atom. The molecule has 1 aromatic heterocycles. The number of rotatable bonds is 2. The second kappa shape index (κ2) is 24.1. The van der Waals surface area contributed by atoms with Crippen molar-refractivity contribution < 1.29 is 39.9 Å². The van der Waals surface area contributed by atoms with E-state index in [4.69, 9.17) is 4.74 Å². The summed E-state index contributed by atoms with van der Waals surface area (Å²) in [4.78, 5) is 33.5. The van der Waals surface area contributed by atoms with E-state index in [1.807, 2.05) is 60.7 Å². The molecule has 12 heteroatoms. The van der Waals surface area contributed by atoms with E-state index < -0.39 is 53.0 Å². The van der Waals surface area contributed by atoms with Crippen molar-refractivity contribution in [1.29, 1.82) is 0 Å². The number of ether oxygens (including phenoxy) is 1. The monoisotopic (exact) mass is 1080 g/mol. The zero-order valence-corrected chi connectivity index (χ0v) is 46.3. The van der Waals surface area contributed by atoms with Crippen LogP contribution in [0.4, 0.5) is 5.69 Å². The number of ketones is 2. The van der Waals surface area contributed by atoms with Crippen LogP contribution in [0.5, 0.6) is 17.2 Å². The number of anilines is 1. The number of carbonyl (C=O) groups excluding carboxylic acids is 2. The summed E-state index contributed by atoms with van der Waals surface area (Å²) in [5.41, 5.74) is 6.29. The van der Waals surface area contributed by atoms with Gasteiger partial charge in [-0.3, -0.25) is 9.59 Å². The molecular formula is C68H78N4O8. The molecule has 418 valence electrons. The minimum Gasteiger partial charge on any atom is -0.507 e. The van der Waals surface area contributed by atoms with Crippen molar-refractivity contribution >= 4 is 28.0 Å². The number of aromatic hydroxyl groups is 2. The molecule has 0 saturated heterocycles. The number of aliphatic hydroxyl groups excluding tert-OH is 3. The summed E-state index contributed by atoms with van der Waals surface area (Å²) in [6, 6.07) is 25.4. The minimum absolute atomic E-state index is 0.0257. The molecule has 12 nitrogen and oxygen atoms in total. The van der Waals surface area contributed by atoms with Gasteiger partial charge in [-0.2, -0.15) is 0 Å². The van der Waals surface area contributed by atoms with Crippen molar-refractivity contribution in [2.24, 2.45) is 35.5 Å². The predicted octanol–water partition coefficient (Wildman–Crippen LogP) is 9.98. The minimum atomic E-state index is -1.86. The molecule has 2 saturated carbocycles. The molecule has 11 bridgehead atoms. The van der Waals surface area contributed by atoms with Crippen LogP contribution in [0.25, 0.3) is 10.8 Å². The number of nitrogens with one attached hydrogen (secondary N) is 4. The summed E-state index contributed by atoms with van der Waals surface area (Å²) in [6.45, 7) is 3.67. The number of aromatic amines is 1. The molecule has 6 aliphatic rings. The summed E-state index contributed by atoms with van der Waals surface area (Å²) in [6.07, 6.45) is 12.4. The molecule has 4 aliphatic carbocycles. The molecule has 11 rings (SSSR count). The first-order valence-corrected chi connectivity index (χ1v) is 29.5. The fourth-order valence-electron chi connectivity index (χ4n) is 14.7. The molecule has 9 N–H and O–H groups in total. The molecule has 2 aliphatic heterocycles. The van der Waals surface area contributed by atoms with Gasteiger partial charge in [0, 0.05) is 79.6 Å². The number of carbonyl (C=O) groups is 2. The number of aryl methyl sites for hydroxylation is 1. The molecular weight excluding hydrogens is 1000 g/mol. The summed E-state index contributed by atoms with van der Waals surface area (Å²) < 4.78 is 5.56. The number of methoxy groups -OCH3 is 1. The second-order valence-corrected chi connectivity index (χ2v) is 24.0. The number of phenolic OH excluding ortho intramolecular Hbond substituents is 2. The summed E-state index contributed by atoms with van der Waals surface area (Å²) >= 11 is 0. The van der Waals surface area contributed by atoms with Gasteiger partial charge in [-0.05, 0) is 157 Å². The highest BCUT2D eigenvalue weighted by molar-refractivity contribution is 6.06. The topological polar surface area (TPSA) is 196 Å². The molecule has 80 heavy (non-hydrogen) atoms. The van der Waals surface area contributed by atoms with Gasteiger partial charge in [0.1, 0.15) is 11.6 Å². The smallest absolute Gasteiger partial charge is 0.173 e. The molecule has 2 fully saturated rings. The summed E-state index contributed by atoms with van der Waals surface area (Å²) in [7, 11) is 1.49. The zero-order chi connectivity index (χ0) is 55.5. The maximum absolute atomic E-state index is 15.4. The highest BCUT2D eigenvalue weighted by atomic mass is 16.5. The van der Waals surface area contributed by atoms with E-state index in [0.717, 1.165) is 102 Å². The van der Waals surface area contributed by atoms with Crippen molar-refractivity contribution in [3.8, 4) is 40.9 Å². The van der Waals surface area contributed by atoms with E-state index in [-0.39, 0.29) is 66.1 Å². The third-order valence-corrected chi connectivity index (χ3v) is 18.9. The van der Waals surface area contributed by atoms with Gasteiger partial charge in [0.15, 0.2) is 29.2 Å². The average molecular weight is 1080 g/mol. The summed E-state index contributed by atoms with van der Waals surface area (Å²) in [5, 5.41) is 72.4. The first-order valence-electron chi connectivity index (χ1n) is 29.5. The van der Waals surface area contributed by atoms with Gasteiger partial charge in [0.25, 0.3) is 0 Å². The molecule has 0 unspecified atom stereocenters. The van der Waals surface area contributed by atoms with E-state index in [2.05, 4.69) is 76.0 Å². The lowest BCUT2D eigenvalue weighted by Gasteiger charge is -2.49. The largest absolute Gasteiger partial charge is 0.507 e. The van der Waals surface area contributed by atoms with Gasteiger partial charge in [0.05, 0.1) is 30.7 Å². The molecule has 3 heterocycles. The molecule has 0 amide bonds. The van der Waals surface area contributed by atoms with Gasteiger partial charge in [0.2, 0.25) is 0 Å². The number of phenols is 2. The highest BCUT2D eigenvalue weighted by Gasteiger charge is 2.53. The van der Waals surface area contributed by atoms with Gasteiger partial charge in [-0.15, -0.1) is 5.92 Å². The predicted molar refractivity (Wildman–Crippen MR) is 312 cm³/mol. The molecule has 12 atom stereocenters. The number of Topliss-reactive ketones (excluding diaryl/α,β-unsaturated/α-hetero) is 2. The van der Waals surface area contributed by atoms with Gasteiger partial charge >= 0.3 is 0 Å². The lowest BCUT2D eigenvalue weighted by molar-refractivity contribution is -0.142. The lowest BCUT2D eigenvalue weighted by atomic mass is 9.56.